The Morgan fingerprint density at radius 3 is 2.05 bits per heavy atom. The minimum Gasteiger partial charge on any atom is -0.458 e. The SMILES string of the molecule is Cc1cc2c3c(c1)-n1c4c(cccc4c4c1c1ccccc1n4-c1ccccc1)B3c1ccc(N(c3ccccc3)c3ccccc3)c3c4c(n-2c13)C1CC=CC=C1O4. The van der Waals surface area contributed by atoms with E-state index in [2.05, 4.69) is 201 Å². The first-order chi connectivity index (χ1) is 29.2. The lowest BCUT2D eigenvalue weighted by atomic mass is 9.34. The number of nitrogens with zero attached hydrogens (tertiary/aromatic N) is 4. The number of fused-ring (bicyclic) bond motifs is 14. The van der Waals surface area contributed by atoms with Gasteiger partial charge in [0.15, 0.2) is 5.75 Å². The topological polar surface area (TPSA) is 27.3 Å². The highest BCUT2D eigenvalue weighted by Gasteiger charge is 2.46. The number of aromatic nitrogens is 3. The highest BCUT2D eigenvalue weighted by atomic mass is 16.5. The van der Waals surface area contributed by atoms with Crippen molar-refractivity contribution in [1.29, 1.82) is 0 Å². The number of hydrogen-bond acceptors (Lipinski definition) is 2. The molecule has 1 unspecified atom stereocenters. The van der Waals surface area contributed by atoms with Gasteiger partial charge in [-0.25, -0.2) is 0 Å². The van der Waals surface area contributed by atoms with E-state index in [1.807, 2.05) is 0 Å². The first-order valence-electron chi connectivity index (χ1n) is 20.7. The van der Waals surface area contributed by atoms with Crippen LogP contribution in [0.1, 0.15) is 23.6 Å². The first kappa shape index (κ1) is 31.6. The molecule has 1 aliphatic carbocycles. The molecule has 276 valence electrons. The van der Waals surface area contributed by atoms with Gasteiger partial charge in [0.05, 0.1) is 50.3 Å². The van der Waals surface area contributed by atoms with Crippen LogP contribution in [0.4, 0.5) is 17.1 Å². The van der Waals surface area contributed by atoms with Crippen molar-refractivity contribution in [2.24, 2.45) is 0 Å². The van der Waals surface area contributed by atoms with E-state index in [4.69, 9.17) is 4.74 Å². The van der Waals surface area contributed by atoms with Crippen molar-refractivity contribution in [3.8, 4) is 22.8 Å². The number of benzene rings is 7. The first-order valence-corrected chi connectivity index (χ1v) is 20.7. The molecule has 59 heavy (non-hydrogen) atoms. The third-order valence-electron chi connectivity index (χ3n) is 13.3. The fourth-order valence-electron chi connectivity index (χ4n) is 11.2. The van der Waals surface area contributed by atoms with Gasteiger partial charge in [0.1, 0.15) is 5.76 Å². The van der Waals surface area contributed by atoms with Crippen molar-refractivity contribution >= 4 is 83.9 Å². The molecule has 0 amide bonds. The van der Waals surface area contributed by atoms with Crippen molar-refractivity contribution in [3.05, 3.63) is 193 Å². The summed E-state index contributed by atoms with van der Waals surface area (Å²) in [4.78, 5) is 2.41. The second-order valence-corrected chi connectivity index (χ2v) is 16.5. The summed E-state index contributed by atoms with van der Waals surface area (Å²) in [5.74, 6) is 2.14. The van der Waals surface area contributed by atoms with E-state index in [0.717, 1.165) is 40.4 Å². The number of anilines is 3. The molecular formula is C53H35BN4O. The zero-order valence-corrected chi connectivity index (χ0v) is 32.3. The van der Waals surface area contributed by atoms with E-state index in [9.17, 15) is 0 Å². The van der Waals surface area contributed by atoms with Gasteiger partial charge in [0.25, 0.3) is 6.71 Å². The van der Waals surface area contributed by atoms with E-state index in [1.54, 1.807) is 0 Å². The van der Waals surface area contributed by atoms with E-state index in [0.29, 0.717) is 0 Å². The molecule has 6 heterocycles. The van der Waals surface area contributed by atoms with Gasteiger partial charge in [-0.3, -0.25) is 0 Å². The van der Waals surface area contributed by atoms with Gasteiger partial charge in [-0.1, -0.05) is 109 Å². The maximum atomic E-state index is 7.12. The summed E-state index contributed by atoms with van der Waals surface area (Å²) in [6.07, 6.45) is 7.52. The maximum Gasteiger partial charge on any atom is 0.252 e. The van der Waals surface area contributed by atoms with Gasteiger partial charge in [0.2, 0.25) is 0 Å². The second kappa shape index (κ2) is 11.4. The molecule has 3 aromatic heterocycles. The summed E-state index contributed by atoms with van der Waals surface area (Å²) in [7, 11) is 0. The van der Waals surface area contributed by atoms with E-state index < -0.39 is 0 Å². The Morgan fingerprint density at radius 1 is 0.610 bits per heavy atom. The Balaban J connectivity index is 1.14. The monoisotopic (exact) mass is 754 g/mol. The third kappa shape index (κ3) is 3.96. The molecule has 5 nitrogen and oxygen atoms in total. The molecule has 0 saturated carbocycles. The van der Waals surface area contributed by atoms with Crippen LogP contribution in [-0.2, 0) is 0 Å². The smallest absolute Gasteiger partial charge is 0.252 e. The van der Waals surface area contributed by atoms with E-state index >= 15 is 0 Å². The molecule has 14 rings (SSSR count). The molecule has 0 bridgehead atoms. The van der Waals surface area contributed by atoms with Crippen LogP contribution in [0.2, 0.25) is 0 Å². The summed E-state index contributed by atoms with van der Waals surface area (Å²) < 4.78 is 14.8. The van der Waals surface area contributed by atoms with Gasteiger partial charge < -0.3 is 23.3 Å². The Hall–Kier alpha value is -7.44. The molecule has 6 heteroatoms. The number of para-hydroxylation sites is 5. The average molecular weight is 755 g/mol. The standard InChI is InChI=1S/C53H35BN4O/c1-32-30-43-47-44(31-32)58-51-37-23-12-14-27-45(37)59-53(51)46-42(55(33-16-5-2-6-17-33)34-18-7-3-8-19-34)29-28-40(52(46)58)54(47)39-25-15-24-38-48(39)57(43)49-36-22-11-13-26-41(36)56(50(38)49)35-20-9-4-10-21-35/h2-22,24-31,37H,23H2,1H3. The summed E-state index contributed by atoms with van der Waals surface area (Å²) in [5, 5.41) is 3.69. The number of rotatable bonds is 4. The normalized spacial score (nSPS) is 15.4. The minimum absolute atomic E-state index is 0.0227. The average Bonchev–Trinajstić information content (AvgIpc) is 4.02. The van der Waals surface area contributed by atoms with Gasteiger partial charge in [-0.2, -0.15) is 0 Å². The lowest BCUT2D eigenvalue weighted by Gasteiger charge is -2.35. The molecule has 0 fully saturated rings. The fourth-order valence-corrected chi connectivity index (χ4v) is 11.2. The Labute approximate surface area is 341 Å². The van der Waals surface area contributed by atoms with Crippen LogP contribution < -0.4 is 26.0 Å². The molecule has 0 radical (unpaired) electrons. The Morgan fingerprint density at radius 2 is 1.27 bits per heavy atom. The van der Waals surface area contributed by atoms with Gasteiger partial charge in [-0.15, -0.1) is 0 Å². The maximum absolute atomic E-state index is 7.12. The molecule has 3 aliphatic heterocycles. The molecule has 0 saturated heterocycles. The van der Waals surface area contributed by atoms with Crippen LogP contribution in [-0.4, -0.2) is 20.4 Å². The third-order valence-corrected chi connectivity index (χ3v) is 13.3. The van der Waals surface area contributed by atoms with Crippen molar-refractivity contribution < 1.29 is 4.74 Å². The van der Waals surface area contributed by atoms with Crippen LogP contribution >= 0.6 is 0 Å². The number of aryl methyl sites for hydroxylation is 1. The molecule has 0 spiro atoms. The Bertz CT molecular complexity index is 3480. The minimum atomic E-state index is 0.0227. The molecule has 7 aromatic carbocycles. The number of hydrogen-bond donors (Lipinski definition) is 0. The molecule has 1 atom stereocenters. The van der Waals surface area contributed by atoms with Crippen molar-refractivity contribution in [2.75, 3.05) is 4.90 Å². The lowest BCUT2D eigenvalue weighted by Crippen LogP contribution is -2.59. The van der Waals surface area contributed by atoms with E-state index in [1.165, 1.54) is 83.1 Å². The van der Waals surface area contributed by atoms with Crippen LogP contribution in [0.15, 0.2) is 182 Å². The van der Waals surface area contributed by atoms with Gasteiger partial charge >= 0.3 is 0 Å². The van der Waals surface area contributed by atoms with Gasteiger partial charge in [0, 0.05) is 39.2 Å². The highest BCUT2D eigenvalue weighted by molar-refractivity contribution is 7.00. The van der Waals surface area contributed by atoms with Crippen LogP contribution in [0.5, 0.6) is 5.75 Å². The number of ether oxygens (including phenoxy) is 1. The molecule has 10 aromatic rings. The summed E-state index contributed by atoms with van der Waals surface area (Å²) >= 11 is 0. The number of allylic oxidation sites excluding steroid dienone is 4. The van der Waals surface area contributed by atoms with Gasteiger partial charge in [-0.05, 0) is 102 Å². The predicted molar refractivity (Wildman–Crippen MR) is 244 cm³/mol. The summed E-state index contributed by atoms with van der Waals surface area (Å²) in [6, 6.07) is 58.0. The fraction of sp³-hybridized carbons (Fsp3) is 0.0566. The van der Waals surface area contributed by atoms with Crippen LogP contribution in [0.3, 0.4) is 0 Å². The summed E-state index contributed by atoms with van der Waals surface area (Å²) in [5.41, 5.74) is 19.8. The molecule has 4 aliphatic rings. The summed E-state index contributed by atoms with van der Waals surface area (Å²) in [6.45, 7) is 2.29. The lowest BCUT2D eigenvalue weighted by molar-refractivity contribution is 0.429. The van der Waals surface area contributed by atoms with Crippen molar-refractivity contribution in [1.82, 2.24) is 13.7 Å². The largest absolute Gasteiger partial charge is 0.458 e. The van der Waals surface area contributed by atoms with E-state index in [-0.39, 0.29) is 12.6 Å². The van der Waals surface area contributed by atoms with Crippen LogP contribution in [0, 0.1) is 6.92 Å². The van der Waals surface area contributed by atoms with Crippen LogP contribution in [0.25, 0.3) is 60.8 Å². The predicted octanol–water partition coefficient (Wildman–Crippen LogP) is 10.9. The molecular weight excluding hydrogens is 719 g/mol. The van der Waals surface area contributed by atoms with Crippen molar-refractivity contribution in [3.63, 3.8) is 0 Å². The Kier molecular flexibility index (Phi) is 6.09. The second-order valence-electron chi connectivity index (χ2n) is 16.5. The quantitative estimate of drug-likeness (QED) is 0.167. The molecule has 0 N–H and O–H groups in total. The highest BCUT2D eigenvalue weighted by Crippen LogP contribution is 2.55. The zero-order chi connectivity index (χ0) is 38.5. The van der Waals surface area contributed by atoms with Crippen molar-refractivity contribution in [2.45, 2.75) is 19.3 Å². The zero-order valence-electron chi connectivity index (χ0n) is 32.3.